The Morgan fingerprint density at radius 2 is 1.59 bits per heavy atom. The van der Waals surface area contributed by atoms with Crippen LogP contribution in [0.15, 0.2) is 72.8 Å². The molecule has 0 aromatic heterocycles. The van der Waals surface area contributed by atoms with Gasteiger partial charge in [0.25, 0.3) is 0 Å². The average Bonchev–Trinajstić information content (AvgIpc) is 2.74. The van der Waals surface area contributed by atoms with Crippen molar-refractivity contribution in [3.8, 4) is 17.2 Å². The summed E-state index contributed by atoms with van der Waals surface area (Å²) in [5.41, 5.74) is 0.999. The van der Waals surface area contributed by atoms with Crippen molar-refractivity contribution in [2.45, 2.75) is 12.8 Å². The van der Waals surface area contributed by atoms with Gasteiger partial charge in [-0.3, -0.25) is 9.59 Å². The van der Waals surface area contributed by atoms with Gasteiger partial charge in [0, 0.05) is 23.6 Å². The number of hydrogen-bond acceptors (Lipinski definition) is 4. The fourth-order valence-electron chi connectivity index (χ4n) is 2.71. The van der Waals surface area contributed by atoms with Crippen molar-refractivity contribution in [2.75, 3.05) is 12.4 Å². The van der Waals surface area contributed by atoms with Crippen molar-refractivity contribution in [1.82, 2.24) is 0 Å². The zero-order valence-corrected chi connectivity index (χ0v) is 16.6. The SMILES string of the molecule is COc1ccc(Cl)cc1C(=O)CCC(=O)Nc1ccc(Oc2ccccc2)cc1. The van der Waals surface area contributed by atoms with Gasteiger partial charge in [-0.05, 0) is 54.6 Å². The average molecular weight is 410 g/mol. The third-order valence-electron chi connectivity index (χ3n) is 4.16. The highest BCUT2D eigenvalue weighted by Gasteiger charge is 2.15. The van der Waals surface area contributed by atoms with Crippen LogP contribution in [0.5, 0.6) is 17.2 Å². The van der Waals surface area contributed by atoms with Crippen LogP contribution >= 0.6 is 11.6 Å². The van der Waals surface area contributed by atoms with Gasteiger partial charge in [-0.2, -0.15) is 0 Å². The van der Waals surface area contributed by atoms with Gasteiger partial charge in [-0.25, -0.2) is 0 Å². The molecule has 0 radical (unpaired) electrons. The van der Waals surface area contributed by atoms with Crippen LogP contribution in [0, 0.1) is 0 Å². The maximum atomic E-state index is 12.4. The molecule has 0 saturated heterocycles. The summed E-state index contributed by atoms with van der Waals surface area (Å²) in [4.78, 5) is 24.6. The van der Waals surface area contributed by atoms with Crippen molar-refractivity contribution in [2.24, 2.45) is 0 Å². The Kier molecular flexibility index (Phi) is 6.87. The quantitative estimate of drug-likeness (QED) is 0.481. The molecule has 0 aliphatic rings. The summed E-state index contributed by atoms with van der Waals surface area (Å²) in [7, 11) is 1.48. The molecule has 0 saturated carbocycles. The van der Waals surface area contributed by atoms with Gasteiger partial charge < -0.3 is 14.8 Å². The molecule has 1 amide bonds. The van der Waals surface area contributed by atoms with Crippen LogP contribution in [-0.4, -0.2) is 18.8 Å². The normalized spacial score (nSPS) is 10.3. The van der Waals surface area contributed by atoms with E-state index in [0.717, 1.165) is 5.75 Å². The minimum Gasteiger partial charge on any atom is -0.496 e. The fourth-order valence-corrected chi connectivity index (χ4v) is 2.89. The number of ketones is 1. The molecule has 3 aromatic rings. The van der Waals surface area contributed by atoms with E-state index in [1.54, 1.807) is 42.5 Å². The second-order valence-corrected chi connectivity index (χ2v) is 6.69. The Bertz CT molecular complexity index is 988. The lowest BCUT2D eigenvalue weighted by molar-refractivity contribution is -0.116. The molecule has 29 heavy (non-hydrogen) atoms. The first-order chi connectivity index (χ1) is 14.0. The summed E-state index contributed by atoms with van der Waals surface area (Å²) < 4.78 is 10.9. The van der Waals surface area contributed by atoms with E-state index in [1.165, 1.54) is 7.11 Å². The van der Waals surface area contributed by atoms with E-state index in [9.17, 15) is 9.59 Å². The van der Waals surface area contributed by atoms with E-state index in [2.05, 4.69) is 5.32 Å². The summed E-state index contributed by atoms with van der Waals surface area (Å²) in [5, 5.41) is 3.22. The van der Waals surface area contributed by atoms with Crippen LogP contribution in [0.25, 0.3) is 0 Å². The van der Waals surface area contributed by atoms with Gasteiger partial charge in [-0.1, -0.05) is 29.8 Å². The van der Waals surface area contributed by atoms with Crippen molar-refractivity contribution >= 4 is 29.0 Å². The van der Waals surface area contributed by atoms with Gasteiger partial charge in [0.05, 0.1) is 12.7 Å². The number of benzene rings is 3. The monoisotopic (exact) mass is 409 g/mol. The summed E-state index contributed by atoms with van der Waals surface area (Å²) in [6, 6.07) is 21.3. The number of ether oxygens (including phenoxy) is 2. The van der Waals surface area contributed by atoms with Crippen LogP contribution < -0.4 is 14.8 Å². The number of rotatable bonds is 8. The molecule has 3 rings (SSSR count). The molecule has 0 heterocycles. The third kappa shape index (κ3) is 5.83. The van der Waals surface area contributed by atoms with Crippen LogP contribution in [-0.2, 0) is 4.79 Å². The highest BCUT2D eigenvalue weighted by Crippen LogP contribution is 2.25. The second-order valence-electron chi connectivity index (χ2n) is 6.26. The molecule has 5 nitrogen and oxygen atoms in total. The molecule has 0 fully saturated rings. The Morgan fingerprint density at radius 3 is 2.28 bits per heavy atom. The molecule has 0 atom stereocenters. The summed E-state index contributed by atoms with van der Waals surface area (Å²) in [5.74, 6) is 1.38. The van der Waals surface area contributed by atoms with Crippen LogP contribution in [0.1, 0.15) is 23.2 Å². The Morgan fingerprint density at radius 1 is 0.897 bits per heavy atom. The van der Waals surface area contributed by atoms with Gasteiger partial charge in [0.15, 0.2) is 5.78 Å². The molecular formula is C23H20ClNO4. The summed E-state index contributed by atoms with van der Waals surface area (Å²) in [6.07, 6.45) is 0.106. The van der Waals surface area contributed by atoms with E-state index < -0.39 is 0 Å². The van der Waals surface area contributed by atoms with Gasteiger partial charge in [0.1, 0.15) is 17.2 Å². The molecule has 6 heteroatoms. The summed E-state index contributed by atoms with van der Waals surface area (Å²) >= 11 is 5.95. The van der Waals surface area contributed by atoms with Crippen molar-refractivity contribution < 1.29 is 19.1 Å². The highest BCUT2D eigenvalue weighted by atomic mass is 35.5. The first kappa shape index (κ1) is 20.4. The van der Waals surface area contributed by atoms with Gasteiger partial charge in [0.2, 0.25) is 5.91 Å². The number of carbonyl (C=O) groups excluding carboxylic acids is 2. The Hall–Kier alpha value is -3.31. The topological polar surface area (TPSA) is 64.6 Å². The lowest BCUT2D eigenvalue weighted by Gasteiger charge is -2.09. The predicted octanol–water partition coefficient (Wildman–Crippen LogP) is 5.74. The zero-order valence-electron chi connectivity index (χ0n) is 15.9. The minimum absolute atomic E-state index is 0.0523. The van der Waals surface area contributed by atoms with E-state index >= 15 is 0 Å². The molecule has 0 spiro atoms. The minimum atomic E-state index is -0.254. The van der Waals surface area contributed by atoms with E-state index in [1.807, 2.05) is 30.3 Å². The smallest absolute Gasteiger partial charge is 0.224 e. The maximum Gasteiger partial charge on any atom is 0.224 e. The van der Waals surface area contributed by atoms with Crippen LogP contribution in [0.3, 0.4) is 0 Å². The van der Waals surface area contributed by atoms with Crippen molar-refractivity contribution in [3.63, 3.8) is 0 Å². The number of methoxy groups -OCH3 is 1. The molecule has 0 aliphatic heterocycles. The molecule has 0 unspecified atom stereocenters. The first-order valence-corrected chi connectivity index (χ1v) is 9.42. The molecular weight excluding hydrogens is 390 g/mol. The van der Waals surface area contributed by atoms with Crippen LogP contribution in [0.4, 0.5) is 5.69 Å². The van der Waals surface area contributed by atoms with Gasteiger partial charge in [-0.15, -0.1) is 0 Å². The zero-order chi connectivity index (χ0) is 20.6. The highest BCUT2D eigenvalue weighted by molar-refractivity contribution is 6.31. The number of para-hydroxylation sites is 1. The van der Waals surface area contributed by atoms with E-state index in [4.69, 9.17) is 21.1 Å². The van der Waals surface area contributed by atoms with E-state index in [-0.39, 0.29) is 24.5 Å². The second kappa shape index (κ2) is 9.75. The number of Topliss-reactive ketones (excluding diaryl/α,β-unsaturated/α-hetero) is 1. The molecule has 0 bridgehead atoms. The number of amides is 1. The van der Waals surface area contributed by atoms with Gasteiger partial charge >= 0.3 is 0 Å². The first-order valence-electron chi connectivity index (χ1n) is 9.05. The van der Waals surface area contributed by atoms with Crippen LogP contribution in [0.2, 0.25) is 5.02 Å². The predicted molar refractivity (Wildman–Crippen MR) is 113 cm³/mol. The van der Waals surface area contributed by atoms with E-state index in [0.29, 0.717) is 27.8 Å². The third-order valence-corrected chi connectivity index (χ3v) is 4.39. The largest absolute Gasteiger partial charge is 0.496 e. The Balaban J connectivity index is 1.53. The number of anilines is 1. The standard InChI is InChI=1S/C23H20ClNO4/c1-28-22-13-7-16(24)15-20(22)21(26)12-14-23(27)25-17-8-10-19(11-9-17)29-18-5-3-2-4-6-18/h2-11,13,15H,12,14H2,1H3,(H,25,27). The maximum absolute atomic E-state index is 12.4. The summed E-state index contributed by atoms with van der Waals surface area (Å²) in [6.45, 7) is 0. The molecule has 148 valence electrons. The fraction of sp³-hybridized carbons (Fsp3) is 0.130. The number of hydrogen-bond donors (Lipinski definition) is 1. The lowest BCUT2D eigenvalue weighted by Crippen LogP contribution is -2.13. The number of nitrogens with one attached hydrogen (secondary N) is 1. The molecule has 1 N–H and O–H groups in total. The lowest BCUT2D eigenvalue weighted by atomic mass is 10.1. The Labute approximate surface area is 174 Å². The molecule has 3 aromatic carbocycles. The molecule has 0 aliphatic carbocycles. The number of carbonyl (C=O) groups is 2. The van der Waals surface area contributed by atoms with Crippen molar-refractivity contribution in [3.05, 3.63) is 83.4 Å². The number of halogens is 1. The van der Waals surface area contributed by atoms with Crippen molar-refractivity contribution in [1.29, 1.82) is 0 Å².